The van der Waals surface area contributed by atoms with E-state index < -0.39 is 0 Å². The smallest absolute Gasteiger partial charge is 0.224 e. The number of carbonyl (C=O) groups is 1. The van der Waals surface area contributed by atoms with Crippen LogP contribution >= 0.6 is 0 Å². The van der Waals surface area contributed by atoms with Crippen molar-refractivity contribution in [3.05, 3.63) is 35.4 Å². The maximum atomic E-state index is 11.8. The third kappa shape index (κ3) is 5.32. The molecule has 3 nitrogen and oxygen atoms in total. The van der Waals surface area contributed by atoms with E-state index in [1.54, 1.807) is 0 Å². The molecule has 0 bridgehead atoms. The van der Waals surface area contributed by atoms with E-state index in [2.05, 4.69) is 26.1 Å². The van der Waals surface area contributed by atoms with Gasteiger partial charge in [0.05, 0.1) is 6.42 Å². The second-order valence-electron chi connectivity index (χ2n) is 5.81. The largest absolute Gasteiger partial charge is 0.356 e. The van der Waals surface area contributed by atoms with Crippen LogP contribution in [0.2, 0.25) is 0 Å². The molecule has 0 radical (unpaired) electrons. The summed E-state index contributed by atoms with van der Waals surface area (Å²) in [6, 6.07) is 7.82. The van der Waals surface area contributed by atoms with Crippen molar-refractivity contribution in [3.63, 3.8) is 0 Å². The number of hydrogen-bond acceptors (Lipinski definition) is 2. The highest BCUT2D eigenvalue weighted by molar-refractivity contribution is 5.78. The predicted molar refractivity (Wildman–Crippen MR) is 75.1 cm³/mol. The first-order valence-electron chi connectivity index (χ1n) is 6.46. The van der Waals surface area contributed by atoms with Crippen LogP contribution in [0.15, 0.2) is 24.3 Å². The van der Waals surface area contributed by atoms with Crippen LogP contribution < -0.4 is 11.1 Å². The van der Waals surface area contributed by atoms with Crippen LogP contribution in [-0.4, -0.2) is 12.5 Å². The van der Waals surface area contributed by atoms with Crippen molar-refractivity contribution in [3.8, 4) is 0 Å². The van der Waals surface area contributed by atoms with Gasteiger partial charge in [0.1, 0.15) is 0 Å². The summed E-state index contributed by atoms with van der Waals surface area (Å²) in [7, 11) is 0. The molecule has 0 aliphatic carbocycles. The van der Waals surface area contributed by atoms with Crippen LogP contribution in [0.3, 0.4) is 0 Å². The number of nitrogens with two attached hydrogens (primary N) is 1. The minimum Gasteiger partial charge on any atom is -0.356 e. The fourth-order valence-electron chi connectivity index (χ4n) is 1.74. The summed E-state index contributed by atoms with van der Waals surface area (Å²) in [5.41, 5.74) is 7.97. The van der Waals surface area contributed by atoms with E-state index in [1.807, 2.05) is 24.3 Å². The molecule has 1 aromatic rings. The van der Waals surface area contributed by atoms with Crippen molar-refractivity contribution < 1.29 is 4.79 Å². The highest BCUT2D eigenvalue weighted by Gasteiger charge is 2.11. The zero-order valence-corrected chi connectivity index (χ0v) is 11.6. The molecule has 0 heterocycles. The first-order chi connectivity index (χ1) is 8.42. The lowest BCUT2D eigenvalue weighted by Crippen LogP contribution is -2.28. The van der Waals surface area contributed by atoms with Crippen molar-refractivity contribution in [2.75, 3.05) is 6.54 Å². The van der Waals surface area contributed by atoms with Gasteiger partial charge in [0.25, 0.3) is 0 Å². The van der Waals surface area contributed by atoms with E-state index in [1.165, 1.54) is 0 Å². The minimum atomic E-state index is 0.0696. The SMILES string of the molecule is CC(C)(C)CCNC(=O)Cc1ccccc1CN. The molecule has 0 aliphatic rings. The molecule has 1 amide bonds. The summed E-state index contributed by atoms with van der Waals surface area (Å²) in [4.78, 5) is 11.8. The maximum absolute atomic E-state index is 11.8. The Balaban J connectivity index is 2.45. The van der Waals surface area contributed by atoms with E-state index >= 15 is 0 Å². The summed E-state index contributed by atoms with van der Waals surface area (Å²) >= 11 is 0. The van der Waals surface area contributed by atoms with Gasteiger partial charge < -0.3 is 11.1 Å². The number of rotatable bonds is 5. The molecule has 0 atom stereocenters. The summed E-state index contributed by atoms with van der Waals surface area (Å²) < 4.78 is 0. The van der Waals surface area contributed by atoms with Crippen molar-refractivity contribution in [2.45, 2.75) is 40.2 Å². The summed E-state index contributed by atoms with van der Waals surface area (Å²) in [6.45, 7) is 7.72. The molecule has 0 spiro atoms. The average Bonchev–Trinajstić information content (AvgIpc) is 2.28. The van der Waals surface area contributed by atoms with Gasteiger partial charge in [-0.3, -0.25) is 4.79 Å². The topological polar surface area (TPSA) is 55.1 Å². The van der Waals surface area contributed by atoms with E-state index in [4.69, 9.17) is 5.73 Å². The molecule has 1 rings (SSSR count). The Hall–Kier alpha value is -1.35. The molecule has 3 heteroatoms. The number of benzene rings is 1. The van der Waals surface area contributed by atoms with Crippen LogP contribution in [0.4, 0.5) is 0 Å². The first-order valence-corrected chi connectivity index (χ1v) is 6.46. The van der Waals surface area contributed by atoms with Crippen molar-refractivity contribution in [1.82, 2.24) is 5.32 Å². The Kier molecular flexibility index (Phi) is 5.35. The van der Waals surface area contributed by atoms with Gasteiger partial charge in [0.15, 0.2) is 0 Å². The van der Waals surface area contributed by atoms with E-state index in [0.29, 0.717) is 13.0 Å². The van der Waals surface area contributed by atoms with Crippen LogP contribution in [0.1, 0.15) is 38.3 Å². The third-order valence-corrected chi connectivity index (χ3v) is 2.89. The molecule has 100 valence electrons. The normalized spacial score (nSPS) is 11.3. The first kappa shape index (κ1) is 14.7. The van der Waals surface area contributed by atoms with Gasteiger partial charge in [-0.1, -0.05) is 45.0 Å². The van der Waals surface area contributed by atoms with E-state index in [0.717, 1.165) is 24.1 Å². The van der Waals surface area contributed by atoms with Gasteiger partial charge in [0, 0.05) is 13.1 Å². The summed E-state index contributed by atoms with van der Waals surface area (Å²) in [5.74, 6) is 0.0696. The van der Waals surface area contributed by atoms with Crippen molar-refractivity contribution in [1.29, 1.82) is 0 Å². The van der Waals surface area contributed by atoms with Gasteiger partial charge in [0.2, 0.25) is 5.91 Å². The Labute approximate surface area is 110 Å². The molecule has 0 unspecified atom stereocenters. The molecule has 3 N–H and O–H groups in total. The Morgan fingerprint density at radius 2 is 1.83 bits per heavy atom. The molecule has 1 aromatic carbocycles. The highest BCUT2D eigenvalue weighted by atomic mass is 16.1. The lowest BCUT2D eigenvalue weighted by atomic mass is 9.92. The molecule has 0 fully saturated rings. The quantitative estimate of drug-likeness (QED) is 0.839. The molecule has 0 saturated carbocycles. The second-order valence-corrected chi connectivity index (χ2v) is 5.81. The third-order valence-electron chi connectivity index (χ3n) is 2.89. The highest BCUT2D eigenvalue weighted by Crippen LogP contribution is 2.17. The zero-order valence-electron chi connectivity index (χ0n) is 11.6. The fraction of sp³-hybridized carbons (Fsp3) is 0.533. The van der Waals surface area contributed by atoms with Gasteiger partial charge in [-0.25, -0.2) is 0 Å². The van der Waals surface area contributed by atoms with Crippen LogP contribution in [0.25, 0.3) is 0 Å². The molecule has 0 aromatic heterocycles. The molecular weight excluding hydrogens is 224 g/mol. The maximum Gasteiger partial charge on any atom is 0.224 e. The fourth-order valence-corrected chi connectivity index (χ4v) is 1.74. The van der Waals surface area contributed by atoms with Gasteiger partial charge in [-0.05, 0) is 23.0 Å². The van der Waals surface area contributed by atoms with Crippen LogP contribution in [0.5, 0.6) is 0 Å². The summed E-state index contributed by atoms with van der Waals surface area (Å²) in [5, 5.41) is 2.96. The minimum absolute atomic E-state index is 0.0696. The molecule has 18 heavy (non-hydrogen) atoms. The lowest BCUT2D eigenvalue weighted by molar-refractivity contribution is -0.120. The van der Waals surface area contributed by atoms with E-state index in [9.17, 15) is 4.79 Å². The summed E-state index contributed by atoms with van der Waals surface area (Å²) in [6.07, 6.45) is 1.40. The van der Waals surface area contributed by atoms with Gasteiger partial charge in [-0.2, -0.15) is 0 Å². The Morgan fingerprint density at radius 1 is 1.22 bits per heavy atom. The standard InChI is InChI=1S/C15H24N2O/c1-15(2,3)8-9-17-14(18)10-12-6-4-5-7-13(12)11-16/h4-7H,8-11,16H2,1-3H3,(H,17,18). The number of nitrogens with one attached hydrogen (secondary N) is 1. The number of hydrogen-bond donors (Lipinski definition) is 2. The Morgan fingerprint density at radius 3 is 2.39 bits per heavy atom. The Bertz CT molecular complexity index is 394. The van der Waals surface area contributed by atoms with Crippen molar-refractivity contribution >= 4 is 5.91 Å². The second kappa shape index (κ2) is 6.55. The molecule has 0 aliphatic heterocycles. The van der Waals surface area contributed by atoms with Gasteiger partial charge >= 0.3 is 0 Å². The van der Waals surface area contributed by atoms with Crippen LogP contribution in [-0.2, 0) is 17.8 Å². The number of amides is 1. The van der Waals surface area contributed by atoms with Crippen molar-refractivity contribution in [2.24, 2.45) is 11.1 Å². The molecule has 0 saturated heterocycles. The van der Waals surface area contributed by atoms with Crippen LogP contribution in [0, 0.1) is 5.41 Å². The van der Waals surface area contributed by atoms with E-state index in [-0.39, 0.29) is 11.3 Å². The molecular formula is C15H24N2O. The van der Waals surface area contributed by atoms with Gasteiger partial charge in [-0.15, -0.1) is 0 Å². The number of carbonyl (C=O) groups excluding carboxylic acids is 1. The lowest BCUT2D eigenvalue weighted by Gasteiger charge is -2.18. The zero-order chi connectivity index (χ0) is 13.6. The average molecular weight is 248 g/mol. The monoisotopic (exact) mass is 248 g/mol. The predicted octanol–water partition coefficient (Wildman–Crippen LogP) is 2.24.